The van der Waals surface area contributed by atoms with Gasteiger partial charge in [0, 0.05) is 12.5 Å². The molecule has 2 nitrogen and oxygen atoms in total. The van der Waals surface area contributed by atoms with Crippen LogP contribution in [0.4, 0.5) is 8.78 Å². The third kappa shape index (κ3) is 2.53. The van der Waals surface area contributed by atoms with E-state index in [0.29, 0.717) is 16.9 Å². The fraction of sp³-hybridized carbons (Fsp3) is 0.0714. The van der Waals surface area contributed by atoms with Gasteiger partial charge in [0.15, 0.2) is 11.6 Å². The van der Waals surface area contributed by atoms with Gasteiger partial charge in [-0.3, -0.25) is 4.79 Å². The van der Waals surface area contributed by atoms with Crippen molar-refractivity contribution in [2.75, 3.05) is 0 Å². The van der Waals surface area contributed by atoms with Gasteiger partial charge in [0.05, 0.1) is 0 Å². The van der Waals surface area contributed by atoms with Crippen LogP contribution >= 0.6 is 0 Å². The van der Waals surface area contributed by atoms with Crippen LogP contribution in [0, 0.1) is 11.6 Å². The van der Waals surface area contributed by atoms with Gasteiger partial charge < -0.3 is 4.74 Å². The number of carbonyl (C=O) groups is 1. The number of ether oxygens (including phenoxy) is 1. The Kier molecular flexibility index (Phi) is 3.37. The zero-order valence-electron chi connectivity index (χ0n) is 9.61. The van der Waals surface area contributed by atoms with E-state index >= 15 is 0 Å². The van der Waals surface area contributed by atoms with Crippen LogP contribution in [0.5, 0.6) is 5.75 Å². The van der Waals surface area contributed by atoms with Crippen LogP contribution < -0.4 is 4.74 Å². The first-order chi connectivity index (χ1) is 8.58. The Morgan fingerprint density at radius 2 is 1.78 bits per heavy atom. The molecule has 2 aromatic rings. The van der Waals surface area contributed by atoms with Crippen molar-refractivity contribution in [1.29, 1.82) is 0 Å². The average molecular weight is 248 g/mol. The lowest BCUT2D eigenvalue weighted by molar-refractivity contribution is -0.131. The van der Waals surface area contributed by atoms with Gasteiger partial charge in [-0.05, 0) is 23.8 Å². The highest BCUT2D eigenvalue weighted by atomic mass is 19.2. The Balaban J connectivity index is 2.49. The average Bonchev–Trinajstić information content (AvgIpc) is 2.33. The van der Waals surface area contributed by atoms with Gasteiger partial charge in [-0.15, -0.1) is 0 Å². The lowest BCUT2D eigenvalue weighted by atomic mass is 10.0. The summed E-state index contributed by atoms with van der Waals surface area (Å²) in [5.74, 6) is -2.00. The van der Waals surface area contributed by atoms with Gasteiger partial charge in [0.1, 0.15) is 5.75 Å². The Hall–Kier alpha value is -2.23. The molecule has 0 fully saturated rings. The van der Waals surface area contributed by atoms with Crippen LogP contribution in [-0.2, 0) is 4.79 Å². The quantitative estimate of drug-likeness (QED) is 0.600. The van der Waals surface area contributed by atoms with Crippen molar-refractivity contribution >= 4 is 5.97 Å². The van der Waals surface area contributed by atoms with Crippen molar-refractivity contribution in [3.8, 4) is 16.9 Å². The van der Waals surface area contributed by atoms with E-state index in [0.717, 1.165) is 12.1 Å². The van der Waals surface area contributed by atoms with E-state index in [9.17, 15) is 13.6 Å². The first-order valence-corrected chi connectivity index (χ1v) is 5.31. The lowest BCUT2D eigenvalue weighted by Gasteiger charge is -2.09. The maximum absolute atomic E-state index is 13.2. The molecule has 0 N–H and O–H groups in total. The van der Waals surface area contributed by atoms with E-state index in [4.69, 9.17) is 4.74 Å². The van der Waals surface area contributed by atoms with Gasteiger partial charge in [-0.1, -0.05) is 24.3 Å². The van der Waals surface area contributed by atoms with E-state index < -0.39 is 17.6 Å². The number of para-hydroxylation sites is 1. The van der Waals surface area contributed by atoms with Crippen LogP contribution in [-0.4, -0.2) is 5.97 Å². The molecule has 0 aliphatic heterocycles. The Morgan fingerprint density at radius 3 is 2.44 bits per heavy atom. The molecule has 0 aliphatic rings. The zero-order valence-corrected chi connectivity index (χ0v) is 9.61. The minimum atomic E-state index is -0.940. The molecule has 0 atom stereocenters. The Labute approximate surface area is 103 Å². The van der Waals surface area contributed by atoms with Crippen LogP contribution in [0.1, 0.15) is 6.92 Å². The molecular formula is C14H10F2O2. The van der Waals surface area contributed by atoms with Crippen molar-refractivity contribution in [2.24, 2.45) is 0 Å². The SMILES string of the molecule is CC(=O)Oc1ccccc1-c1ccc(F)c(F)c1. The first-order valence-electron chi connectivity index (χ1n) is 5.31. The molecule has 92 valence electrons. The number of benzene rings is 2. The van der Waals surface area contributed by atoms with Gasteiger partial charge in [-0.25, -0.2) is 8.78 Å². The molecule has 0 saturated carbocycles. The summed E-state index contributed by atoms with van der Waals surface area (Å²) in [6, 6.07) is 10.2. The van der Waals surface area contributed by atoms with Gasteiger partial charge in [0.2, 0.25) is 0 Å². The van der Waals surface area contributed by atoms with E-state index in [-0.39, 0.29) is 0 Å². The summed E-state index contributed by atoms with van der Waals surface area (Å²) in [6.07, 6.45) is 0. The van der Waals surface area contributed by atoms with Crippen LogP contribution in [0.3, 0.4) is 0 Å². The van der Waals surface area contributed by atoms with Crippen molar-refractivity contribution in [3.63, 3.8) is 0 Å². The largest absolute Gasteiger partial charge is 0.426 e. The number of esters is 1. The molecule has 0 bridgehead atoms. The summed E-state index contributed by atoms with van der Waals surface area (Å²) < 4.78 is 31.1. The number of rotatable bonds is 2. The highest BCUT2D eigenvalue weighted by Gasteiger charge is 2.10. The minimum Gasteiger partial charge on any atom is -0.426 e. The summed E-state index contributed by atoms with van der Waals surface area (Å²) in [4.78, 5) is 11.0. The normalized spacial score (nSPS) is 10.2. The number of carbonyl (C=O) groups excluding carboxylic acids is 1. The van der Waals surface area contributed by atoms with E-state index in [1.54, 1.807) is 24.3 Å². The van der Waals surface area contributed by atoms with E-state index in [1.165, 1.54) is 13.0 Å². The second-order valence-corrected chi connectivity index (χ2v) is 3.72. The van der Waals surface area contributed by atoms with Crippen LogP contribution in [0.2, 0.25) is 0 Å². The van der Waals surface area contributed by atoms with E-state index in [1.807, 2.05) is 0 Å². The number of hydrogen-bond acceptors (Lipinski definition) is 2. The summed E-state index contributed by atoms with van der Waals surface area (Å²) in [7, 11) is 0. The molecule has 0 saturated heterocycles. The fourth-order valence-electron chi connectivity index (χ4n) is 1.61. The molecule has 0 radical (unpaired) electrons. The van der Waals surface area contributed by atoms with Gasteiger partial charge in [0.25, 0.3) is 0 Å². The maximum Gasteiger partial charge on any atom is 0.308 e. The second kappa shape index (κ2) is 4.96. The first kappa shape index (κ1) is 12.2. The highest BCUT2D eigenvalue weighted by molar-refractivity contribution is 5.76. The van der Waals surface area contributed by atoms with Crippen molar-refractivity contribution in [1.82, 2.24) is 0 Å². The monoisotopic (exact) mass is 248 g/mol. The molecular weight excluding hydrogens is 238 g/mol. The molecule has 0 amide bonds. The van der Waals surface area contributed by atoms with Crippen molar-refractivity contribution in [2.45, 2.75) is 6.92 Å². The molecule has 0 unspecified atom stereocenters. The Bertz CT molecular complexity index is 594. The molecule has 4 heteroatoms. The molecule has 0 spiro atoms. The van der Waals surface area contributed by atoms with Crippen molar-refractivity contribution < 1.29 is 18.3 Å². The van der Waals surface area contributed by atoms with E-state index in [2.05, 4.69) is 0 Å². The van der Waals surface area contributed by atoms with Crippen LogP contribution in [0.15, 0.2) is 42.5 Å². The topological polar surface area (TPSA) is 26.3 Å². The molecule has 0 aromatic heterocycles. The smallest absolute Gasteiger partial charge is 0.308 e. The summed E-state index contributed by atoms with van der Waals surface area (Å²) in [6.45, 7) is 1.28. The number of hydrogen-bond donors (Lipinski definition) is 0. The summed E-state index contributed by atoms with van der Waals surface area (Å²) in [5, 5.41) is 0. The predicted octanol–water partition coefficient (Wildman–Crippen LogP) is 3.56. The highest BCUT2D eigenvalue weighted by Crippen LogP contribution is 2.30. The molecule has 2 aromatic carbocycles. The number of halogens is 2. The standard InChI is InChI=1S/C14H10F2O2/c1-9(17)18-14-5-3-2-4-11(14)10-6-7-12(15)13(16)8-10/h2-8H,1H3. The second-order valence-electron chi connectivity index (χ2n) is 3.72. The molecule has 0 heterocycles. The van der Waals surface area contributed by atoms with Gasteiger partial charge in [-0.2, -0.15) is 0 Å². The maximum atomic E-state index is 13.2. The minimum absolute atomic E-state index is 0.316. The summed E-state index contributed by atoms with van der Waals surface area (Å²) >= 11 is 0. The molecule has 2 rings (SSSR count). The molecule has 18 heavy (non-hydrogen) atoms. The zero-order chi connectivity index (χ0) is 13.1. The Morgan fingerprint density at radius 1 is 1.06 bits per heavy atom. The molecule has 0 aliphatic carbocycles. The van der Waals surface area contributed by atoms with Crippen molar-refractivity contribution in [3.05, 3.63) is 54.1 Å². The third-order valence-electron chi connectivity index (χ3n) is 2.37. The third-order valence-corrected chi connectivity index (χ3v) is 2.37. The van der Waals surface area contributed by atoms with Crippen LogP contribution in [0.25, 0.3) is 11.1 Å². The lowest BCUT2D eigenvalue weighted by Crippen LogP contribution is -2.02. The predicted molar refractivity (Wildman–Crippen MR) is 63.1 cm³/mol. The fourth-order valence-corrected chi connectivity index (χ4v) is 1.61. The summed E-state index contributed by atoms with van der Waals surface area (Å²) in [5.41, 5.74) is 0.984. The van der Waals surface area contributed by atoms with Gasteiger partial charge >= 0.3 is 5.97 Å².